The van der Waals surface area contributed by atoms with E-state index in [9.17, 15) is 0 Å². The van der Waals surface area contributed by atoms with Gasteiger partial charge >= 0.3 is 0 Å². The Kier molecular flexibility index (Phi) is 4.91. The maximum absolute atomic E-state index is 3.57. The minimum absolute atomic E-state index is 0.896. The summed E-state index contributed by atoms with van der Waals surface area (Å²) in [5.41, 5.74) is 2.59. The zero-order chi connectivity index (χ0) is 12.8. The molecule has 0 spiro atoms. The van der Waals surface area contributed by atoms with E-state index in [2.05, 4.69) is 48.3 Å². The van der Waals surface area contributed by atoms with E-state index in [0.29, 0.717) is 0 Å². The molecule has 1 aliphatic carbocycles. The minimum Gasteiger partial charge on any atom is -0.385 e. The van der Waals surface area contributed by atoms with Gasteiger partial charge in [0.2, 0.25) is 0 Å². The van der Waals surface area contributed by atoms with Crippen LogP contribution < -0.4 is 10.2 Å². The van der Waals surface area contributed by atoms with E-state index >= 15 is 0 Å². The van der Waals surface area contributed by atoms with E-state index in [1.165, 1.54) is 37.1 Å². The zero-order valence-corrected chi connectivity index (χ0v) is 11.8. The van der Waals surface area contributed by atoms with E-state index in [-0.39, 0.29) is 0 Å². The van der Waals surface area contributed by atoms with Gasteiger partial charge in [-0.25, -0.2) is 0 Å². The maximum atomic E-state index is 3.57. The number of nitrogens with one attached hydrogen (secondary N) is 1. The van der Waals surface area contributed by atoms with Gasteiger partial charge in [0.05, 0.1) is 0 Å². The standard InChI is InChI=1S/C16H26N2/c1-3-18(4-2)16-11-9-15(10-12-16)17-13-14-7-5-6-8-14/h9-12,14,17H,3-8,13H2,1-2H3. The van der Waals surface area contributed by atoms with Crippen molar-refractivity contribution in [3.63, 3.8) is 0 Å². The Morgan fingerprint density at radius 3 is 2.22 bits per heavy atom. The molecule has 0 unspecified atom stereocenters. The highest BCUT2D eigenvalue weighted by atomic mass is 15.1. The van der Waals surface area contributed by atoms with Crippen LogP contribution in [0, 0.1) is 5.92 Å². The maximum Gasteiger partial charge on any atom is 0.0367 e. The van der Waals surface area contributed by atoms with Gasteiger partial charge in [-0.3, -0.25) is 0 Å². The Morgan fingerprint density at radius 2 is 1.67 bits per heavy atom. The van der Waals surface area contributed by atoms with Crippen molar-refractivity contribution in [1.29, 1.82) is 0 Å². The number of benzene rings is 1. The molecule has 0 aliphatic heterocycles. The lowest BCUT2D eigenvalue weighted by Gasteiger charge is -2.21. The van der Waals surface area contributed by atoms with Crippen LogP contribution in [-0.4, -0.2) is 19.6 Å². The second-order valence-electron chi connectivity index (χ2n) is 5.25. The normalized spacial score (nSPS) is 15.9. The van der Waals surface area contributed by atoms with Crippen LogP contribution in [-0.2, 0) is 0 Å². The first-order valence-electron chi connectivity index (χ1n) is 7.42. The van der Waals surface area contributed by atoms with Crippen molar-refractivity contribution in [3.8, 4) is 0 Å². The van der Waals surface area contributed by atoms with Crippen LogP contribution in [0.4, 0.5) is 11.4 Å². The highest BCUT2D eigenvalue weighted by molar-refractivity contribution is 5.55. The molecular weight excluding hydrogens is 220 g/mol. The lowest BCUT2D eigenvalue weighted by Crippen LogP contribution is -2.21. The van der Waals surface area contributed by atoms with Gasteiger partial charge in [-0.15, -0.1) is 0 Å². The van der Waals surface area contributed by atoms with Gasteiger partial charge in [0.1, 0.15) is 0 Å². The van der Waals surface area contributed by atoms with Gasteiger partial charge in [-0.2, -0.15) is 0 Å². The Balaban J connectivity index is 1.86. The number of nitrogens with zero attached hydrogens (tertiary/aromatic N) is 1. The fraction of sp³-hybridized carbons (Fsp3) is 0.625. The predicted octanol–water partition coefficient (Wildman–Crippen LogP) is 4.13. The summed E-state index contributed by atoms with van der Waals surface area (Å²) in [7, 11) is 0. The number of rotatable bonds is 6. The monoisotopic (exact) mass is 246 g/mol. The Hall–Kier alpha value is -1.18. The molecule has 2 heteroatoms. The summed E-state index contributed by atoms with van der Waals surface area (Å²) in [5.74, 6) is 0.896. The highest BCUT2D eigenvalue weighted by Crippen LogP contribution is 2.25. The summed E-state index contributed by atoms with van der Waals surface area (Å²) >= 11 is 0. The second-order valence-corrected chi connectivity index (χ2v) is 5.25. The lowest BCUT2D eigenvalue weighted by atomic mass is 10.1. The first-order chi connectivity index (χ1) is 8.83. The fourth-order valence-electron chi connectivity index (χ4n) is 2.86. The summed E-state index contributed by atoms with van der Waals surface area (Å²) in [6, 6.07) is 8.87. The van der Waals surface area contributed by atoms with Crippen molar-refractivity contribution in [2.45, 2.75) is 39.5 Å². The van der Waals surface area contributed by atoms with Gasteiger partial charge in [0, 0.05) is 31.0 Å². The SMILES string of the molecule is CCN(CC)c1ccc(NCC2CCCC2)cc1. The van der Waals surface area contributed by atoms with Gasteiger partial charge in [-0.05, 0) is 56.9 Å². The number of hydrogen-bond donors (Lipinski definition) is 1. The van der Waals surface area contributed by atoms with Crippen molar-refractivity contribution >= 4 is 11.4 Å². The van der Waals surface area contributed by atoms with Crippen LogP contribution in [0.2, 0.25) is 0 Å². The van der Waals surface area contributed by atoms with Crippen LogP contribution in [0.5, 0.6) is 0 Å². The molecule has 2 rings (SSSR count). The molecule has 18 heavy (non-hydrogen) atoms. The van der Waals surface area contributed by atoms with E-state index < -0.39 is 0 Å². The predicted molar refractivity (Wildman–Crippen MR) is 80.5 cm³/mol. The van der Waals surface area contributed by atoms with Gasteiger partial charge < -0.3 is 10.2 Å². The molecule has 0 bridgehead atoms. The van der Waals surface area contributed by atoms with Crippen molar-refractivity contribution < 1.29 is 0 Å². The highest BCUT2D eigenvalue weighted by Gasteiger charge is 2.14. The molecule has 0 atom stereocenters. The van der Waals surface area contributed by atoms with Gasteiger partial charge in [0.25, 0.3) is 0 Å². The molecule has 0 heterocycles. The molecule has 2 nitrogen and oxygen atoms in total. The molecule has 100 valence electrons. The topological polar surface area (TPSA) is 15.3 Å². The largest absolute Gasteiger partial charge is 0.385 e. The molecule has 1 aromatic rings. The van der Waals surface area contributed by atoms with Crippen LogP contribution >= 0.6 is 0 Å². The Labute approximate surface area is 111 Å². The Morgan fingerprint density at radius 1 is 1.06 bits per heavy atom. The molecule has 1 N–H and O–H groups in total. The third-order valence-corrected chi connectivity index (χ3v) is 4.07. The fourth-order valence-corrected chi connectivity index (χ4v) is 2.86. The summed E-state index contributed by atoms with van der Waals surface area (Å²) in [6.07, 6.45) is 5.66. The van der Waals surface area contributed by atoms with Crippen LogP contribution in [0.3, 0.4) is 0 Å². The number of anilines is 2. The summed E-state index contributed by atoms with van der Waals surface area (Å²) < 4.78 is 0. The summed E-state index contributed by atoms with van der Waals surface area (Å²) in [4.78, 5) is 2.38. The number of hydrogen-bond acceptors (Lipinski definition) is 2. The van der Waals surface area contributed by atoms with Crippen LogP contribution in [0.1, 0.15) is 39.5 Å². The molecule has 1 fully saturated rings. The van der Waals surface area contributed by atoms with Crippen LogP contribution in [0.25, 0.3) is 0 Å². The third kappa shape index (κ3) is 3.41. The first kappa shape index (κ1) is 13.3. The molecule has 1 aliphatic rings. The van der Waals surface area contributed by atoms with Gasteiger partial charge in [-0.1, -0.05) is 12.8 Å². The van der Waals surface area contributed by atoms with E-state index in [0.717, 1.165) is 25.6 Å². The molecule has 0 amide bonds. The molecular formula is C16H26N2. The molecule has 0 radical (unpaired) electrons. The smallest absolute Gasteiger partial charge is 0.0367 e. The third-order valence-electron chi connectivity index (χ3n) is 4.07. The summed E-state index contributed by atoms with van der Waals surface area (Å²) in [5, 5.41) is 3.57. The molecule has 0 aromatic heterocycles. The van der Waals surface area contributed by atoms with Gasteiger partial charge in [0.15, 0.2) is 0 Å². The first-order valence-corrected chi connectivity index (χ1v) is 7.42. The lowest BCUT2D eigenvalue weighted by molar-refractivity contribution is 0.580. The average molecular weight is 246 g/mol. The Bertz CT molecular complexity index is 335. The van der Waals surface area contributed by atoms with E-state index in [1.807, 2.05) is 0 Å². The average Bonchev–Trinajstić information content (AvgIpc) is 2.92. The van der Waals surface area contributed by atoms with E-state index in [1.54, 1.807) is 0 Å². The van der Waals surface area contributed by atoms with E-state index in [4.69, 9.17) is 0 Å². The van der Waals surface area contributed by atoms with Crippen molar-refractivity contribution in [1.82, 2.24) is 0 Å². The summed E-state index contributed by atoms with van der Waals surface area (Å²) in [6.45, 7) is 7.70. The van der Waals surface area contributed by atoms with Crippen molar-refractivity contribution in [2.24, 2.45) is 5.92 Å². The zero-order valence-electron chi connectivity index (χ0n) is 11.8. The minimum atomic E-state index is 0.896. The van der Waals surface area contributed by atoms with Crippen molar-refractivity contribution in [3.05, 3.63) is 24.3 Å². The second kappa shape index (κ2) is 6.67. The van der Waals surface area contributed by atoms with Crippen LogP contribution in [0.15, 0.2) is 24.3 Å². The molecule has 1 aromatic carbocycles. The molecule has 1 saturated carbocycles. The van der Waals surface area contributed by atoms with Crippen molar-refractivity contribution in [2.75, 3.05) is 29.9 Å². The molecule has 0 saturated heterocycles. The quantitative estimate of drug-likeness (QED) is 0.811.